The predicted molar refractivity (Wildman–Crippen MR) is 248 cm³/mol. The number of carbonyl (C=O) groups is 2. The second-order valence-electron chi connectivity index (χ2n) is 17.0. The van der Waals surface area contributed by atoms with Gasteiger partial charge in [-0.3, -0.25) is 9.59 Å². The largest absolute Gasteiger partial charge is 0.492 e. The molecule has 6 nitrogen and oxygen atoms in total. The van der Waals surface area contributed by atoms with Crippen molar-refractivity contribution in [2.75, 3.05) is 13.2 Å². The molecule has 1 saturated carbocycles. The van der Waals surface area contributed by atoms with Gasteiger partial charge in [-0.05, 0) is 80.1 Å². The highest BCUT2D eigenvalue weighted by Gasteiger charge is 2.59. The van der Waals surface area contributed by atoms with E-state index in [1.54, 1.807) is 0 Å². The standard InChI is InChI=1S/C50H78Br2O6/c1-3-5-7-9-11-13-15-17-19-21-23-25-27-29-35-57-43-33-31-39(37-41(43)51)45-46(48(50(55)56)47(45)49(53)54)40-32-34-44(42(52)38-40)58-36-30-28-26-24-22-20-18-16-14-12-10-8-6-4-2/h31-34,37-38,45-48H,3-30,35-36H2,1-2H3,(H,53,54)(H,55,56). The van der Waals surface area contributed by atoms with Crippen molar-refractivity contribution in [3.05, 3.63) is 56.5 Å². The van der Waals surface area contributed by atoms with E-state index in [2.05, 4.69) is 45.7 Å². The smallest absolute Gasteiger partial charge is 0.308 e. The van der Waals surface area contributed by atoms with Gasteiger partial charge < -0.3 is 19.7 Å². The van der Waals surface area contributed by atoms with Crippen LogP contribution in [-0.4, -0.2) is 35.4 Å². The Bertz CT molecular complexity index is 1310. The molecule has 8 heteroatoms. The third-order valence-electron chi connectivity index (χ3n) is 12.3. The molecule has 4 unspecified atom stereocenters. The molecule has 1 fully saturated rings. The van der Waals surface area contributed by atoms with Crippen molar-refractivity contribution in [1.29, 1.82) is 0 Å². The molecular formula is C50H78Br2O6. The van der Waals surface area contributed by atoms with Crippen LogP contribution in [0.25, 0.3) is 0 Å². The average molecular weight is 935 g/mol. The van der Waals surface area contributed by atoms with E-state index in [9.17, 15) is 19.8 Å². The van der Waals surface area contributed by atoms with Crippen LogP contribution in [0.4, 0.5) is 0 Å². The molecule has 2 aromatic rings. The van der Waals surface area contributed by atoms with Gasteiger partial charge >= 0.3 is 11.9 Å². The Hall–Kier alpha value is -2.06. The van der Waals surface area contributed by atoms with E-state index in [1.807, 2.05) is 36.4 Å². The van der Waals surface area contributed by atoms with Crippen LogP contribution in [0.3, 0.4) is 0 Å². The Morgan fingerprint density at radius 3 is 0.948 bits per heavy atom. The van der Waals surface area contributed by atoms with E-state index in [-0.39, 0.29) is 0 Å². The van der Waals surface area contributed by atoms with Crippen LogP contribution < -0.4 is 9.47 Å². The number of ether oxygens (including phenoxy) is 2. The molecule has 328 valence electrons. The molecule has 0 saturated heterocycles. The highest BCUT2D eigenvalue weighted by molar-refractivity contribution is 9.11. The van der Waals surface area contributed by atoms with Gasteiger partial charge in [-0.15, -0.1) is 0 Å². The fraction of sp³-hybridized carbons (Fsp3) is 0.720. The van der Waals surface area contributed by atoms with Crippen LogP contribution in [0.2, 0.25) is 0 Å². The van der Waals surface area contributed by atoms with Crippen molar-refractivity contribution < 1.29 is 29.3 Å². The molecule has 0 radical (unpaired) electrons. The van der Waals surface area contributed by atoms with Gasteiger partial charge in [0.1, 0.15) is 11.5 Å². The van der Waals surface area contributed by atoms with Gasteiger partial charge in [0, 0.05) is 11.8 Å². The second-order valence-corrected chi connectivity index (χ2v) is 18.8. The highest BCUT2D eigenvalue weighted by Crippen LogP contribution is 2.59. The van der Waals surface area contributed by atoms with E-state index in [0.717, 1.165) is 57.3 Å². The molecule has 2 aromatic carbocycles. The number of carboxylic acids is 2. The lowest BCUT2D eigenvalue weighted by atomic mass is 9.52. The maximum atomic E-state index is 12.5. The molecule has 0 amide bonds. The lowest BCUT2D eigenvalue weighted by molar-refractivity contribution is -0.164. The SMILES string of the molecule is CCCCCCCCCCCCCCCCOc1ccc(C2C(C(=O)O)C(C(=O)O)C2c2ccc(OCCCCCCCCCCCCCCCC)c(Br)c2)cc1Br. The van der Waals surface area contributed by atoms with Gasteiger partial charge in [-0.2, -0.15) is 0 Å². The van der Waals surface area contributed by atoms with Gasteiger partial charge in [0.2, 0.25) is 0 Å². The van der Waals surface area contributed by atoms with Gasteiger partial charge in [-0.1, -0.05) is 193 Å². The predicted octanol–water partition coefficient (Wildman–Crippen LogP) is 16.2. The van der Waals surface area contributed by atoms with Crippen molar-refractivity contribution in [1.82, 2.24) is 0 Å². The van der Waals surface area contributed by atoms with Gasteiger partial charge in [-0.25, -0.2) is 0 Å². The molecule has 4 atom stereocenters. The number of hydrogen-bond donors (Lipinski definition) is 2. The first-order valence-electron chi connectivity index (χ1n) is 23.6. The summed E-state index contributed by atoms with van der Waals surface area (Å²) in [7, 11) is 0. The Labute approximate surface area is 369 Å². The summed E-state index contributed by atoms with van der Waals surface area (Å²) in [4.78, 5) is 25.0. The van der Waals surface area contributed by atoms with Crippen LogP contribution in [0.5, 0.6) is 11.5 Å². The minimum atomic E-state index is -1.09. The molecule has 3 rings (SSSR count). The molecule has 0 heterocycles. The van der Waals surface area contributed by atoms with E-state index in [4.69, 9.17) is 9.47 Å². The maximum Gasteiger partial charge on any atom is 0.308 e. The molecule has 0 aromatic heterocycles. The summed E-state index contributed by atoms with van der Waals surface area (Å²) >= 11 is 7.33. The van der Waals surface area contributed by atoms with Crippen molar-refractivity contribution in [2.45, 2.75) is 205 Å². The molecule has 2 N–H and O–H groups in total. The van der Waals surface area contributed by atoms with E-state index >= 15 is 0 Å². The topological polar surface area (TPSA) is 93.1 Å². The number of benzene rings is 2. The summed E-state index contributed by atoms with van der Waals surface area (Å²) in [6.45, 7) is 5.80. The Balaban J connectivity index is 1.40. The number of halogens is 2. The Morgan fingerprint density at radius 1 is 0.448 bits per heavy atom. The summed E-state index contributed by atoms with van der Waals surface area (Å²) in [5.74, 6) is -3.80. The molecule has 1 aliphatic rings. The first kappa shape index (κ1) is 50.3. The summed E-state index contributed by atoms with van der Waals surface area (Å²) in [5.41, 5.74) is 1.58. The summed E-state index contributed by atoms with van der Waals surface area (Å²) in [6.07, 6.45) is 36.7. The number of unbranched alkanes of at least 4 members (excludes halogenated alkanes) is 26. The lowest BCUT2D eigenvalue weighted by Gasteiger charge is -2.48. The normalized spacial score (nSPS) is 17.6. The zero-order valence-corrected chi connectivity index (χ0v) is 39.4. The summed E-state index contributed by atoms with van der Waals surface area (Å²) < 4.78 is 13.7. The van der Waals surface area contributed by atoms with Gasteiger partial charge in [0.05, 0.1) is 34.0 Å². The van der Waals surface area contributed by atoms with E-state index < -0.39 is 35.6 Å². The minimum absolute atomic E-state index is 0.496. The zero-order valence-electron chi connectivity index (χ0n) is 36.3. The fourth-order valence-corrected chi connectivity index (χ4v) is 9.85. The Morgan fingerprint density at radius 2 is 0.707 bits per heavy atom. The molecule has 58 heavy (non-hydrogen) atoms. The fourth-order valence-electron chi connectivity index (χ4n) is 8.83. The van der Waals surface area contributed by atoms with E-state index in [1.165, 1.54) is 154 Å². The van der Waals surface area contributed by atoms with Crippen LogP contribution in [-0.2, 0) is 9.59 Å². The zero-order chi connectivity index (χ0) is 41.8. The van der Waals surface area contributed by atoms with Crippen molar-refractivity contribution in [2.24, 2.45) is 11.8 Å². The van der Waals surface area contributed by atoms with Crippen LogP contribution in [0.15, 0.2) is 45.3 Å². The van der Waals surface area contributed by atoms with Crippen molar-refractivity contribution in [3.63, 3.8) is 0 Å². The minimum Gasteiger partial charge on any atom is -0.492 e. The average Bonchev–Trinajstić information content (AvgIpc) is 3.18. The number of aliphatic carboxylic acids is 2. The third-order valence-corrected chi connectivity index (χ3v) is 13.5. The van der Waals surface area contributed by atoms with Crippen molar-refractivity contribution in [3.8, 4) is 11.5 Å². The maximum absolute atomic E-state index is 12.5. The van der Waals surface area contributed by atoms with E-state index in [0.29, 0.717) is 13.2 Å². The lowest BCUT2D eigenvalue weighted by Crippen LogP contribution is -2.51. The molecule has 0 spiro atoms. The quantitative estimate of drug-likeness (QED) is 0.0661. The van der Waals surface area contributed by atoms with Crippen LogP contribution in [0.1, 0.15) is 217 Å². The summed E-state index contributed by atoms with van der Waals surface area (Å²) in [6, 6.07) is 11.4. The first-order chi connectivity index (χ1) is 28.3. The van der Waals surface area contributed by atoms with Gasteiger partial charge in [0.25, 0.3) is 0 Å². The van der Waals surface area contributed by atoms with Crippen LogP contribution >= 0.6 is 31.9 Å². The monoisotopic (exact) mass is 932 g/mol. The third kappa shape index (κ3) is 18.7. The molecule has 0 aliphatic heterocycles. The highest BCUT2D eigenvalue weighted by atomic mass is 79.9. The Kier molecular flexibility index (Phi) is 26.8. The molecular weight excluding hydrogens is 856 g/mol. The first-order valence-corrected chi connectivity index (χ1v) is 25.2. The second kappa shape index (κ2) is 30.9. The molecule has 1 aliphatic carbocycles. The number of carboxylic acid groups (broad SMARTS) is 2. The molecule has 0 bridgehead atoms. The number of hydrogen-bond acceptors (Lipinski definition) is 4. The summed E-state index contributed by atoms with van der Waals surface area (Å²) in [5, 5.41) is 20.4. The van der Waals surface area contributed by atoms with Crippen molar-refractivity contribution >= 4 is 43.8 Å². The van der Waals surface area contributed by atoms with Gasteiger partial charge in [0.15, 0.2) is 0 Å². The van der Waals surface area contributed by atoms with Crippen LogP contribution in [0, 0.1) is 11.8 Å². The number of rotatable bonds is 36.